The van der Waals surface area contributed by atoms with Crippen LogP contribution in [0.25, 0.3) is 0 Å². The predicted molar refractivity (Wildman–Crippen MR) is 105 cm³/mol. The van der Waals surface area contributed by atoms with E-state index in [1.807, 2.05) is 14.0 Å². The van der Waals surface area contributed by atoms with Gasteiger partial charge in [-0.1, -0.05) is 0 Å². The summed E-state index contributed by atoms with van der Waals surface area (Å²) in [6, 6.07) is 6.10. The third-order valence-corrected chi connectivity index (χ3v) is 4.48. The fourth-order valence-corrected chi connectivity index (χ4v) is 2.99. The third kappa shape index (κ3) is 7.00. The summed E-state index contributed by atoms with van der Waals surface area (Å²) in [4.78, 5) is 11.3. The van der Waals surface area contributed by atoms with Crippen molar-refractivity contribution in [2.45, 2.75) is 33.2 Å². The smallest absolute Gasteiger partial charge is 0.194 e. The number of nitrogens with one attached hydrogen (secondary N) is 1. The van der Waals surface area contributed by atoms with E-state index in [4.69, 9.17) is 4.74 Å². The van der Waals surface area contributed by atoms with Crippen molar-refractivity contribution >= 4 is 17.3 Å². The first kappa shape index (κ1) is 20.2. The van der Waals surface area contributed by atoms with Crippen molar-refractivity contribution in [3.8, 4) is 5.75 Å². The molecule has 0 radical (unpaired) electrons. The van der Waals surface area contributed by atoms with Crippen LogP contribution < -0.4 is 10.1 Å². The second kappa shape index (κ2) is 10.8. The van der Waals surface area contributed by atoms with Gasteiger partial charge in [0.2, 0.25) is 0 Å². The number of aryl methyl sites for hydroxylation is 1. The van der Waals surface area contributed by atoms with Gasteiger partial charge in [-0.05, 0) is 51.0 Å². The molecule has 0 aliphatic carbocycles. The number of thiazole rings is 1. The highest BCUT2D eigenvalue weighted by atomic mass is 32.1. The molecule has 1 aromatic carbocycles. The summed E-state index contributed by atoms with van der Waals surface area (Å²) in [5.41, 5.74) is 1.06. The standard InChI is InChI=1S/C19H27FN4OS/c1-4-21-19(24(3)13-17-14-26-15(2)23-17)22-11-5-6-12-25-18-9-7-16(20)8-10-18/h7-10,14H,4-6,11-13H2,1-3H3,(H,21,22). The molecule has 0 unspecified atom stereocenters. The van der Waals surface area contributed by atoms with Gasteiger partial charge in [0, 0.05) is 25.5 Å². The summed E-state index contributed by atoms with van der Waals surface area (Å²) >= 11 is 1.66. The first-order valence-electron chi connectivity index (χ1n) is 8.87. The Morgan fingerprint density at radius 2 is 2.08 bits per heavy atom. The molecule has 1 heterocycles. The zero-order valence-corrected chi connectivity index (χ0v) is 16.5. The Morgan fingerprint density at radius 1 is 1.31 bits per heavy atom. The van der Waals surface area contributed by atoms with Crippen LogP contribution in [-0.2, 0) is 6.54 Å². The maximum atomic E-state index is 12.8. The monoisotopic (exact) mass is 378 g/mol. The third-order valence-electron chi connectivity index (χ3n) is 3.66. The summed E-state index contributed by atoms with van der Waals surface area (Å²) in [6.07, 6.45) is 1.83. The number of hydrogen-bond donors (Lipinski definition) is 1. The first-order valence-corrected chi connectivity index (χ1v) is 9.75. The molecule has 1 N–H and O–H groups in total. The summed E-state index contributed by atoms with van der Waals surface area (Å²) in [7, 11) is 2.02. The topological polar surface area (TPSA) is 49.8 Å². The van der Waals surface area contributed by atoms with Gasteiger partial charge in [-0.2, -0.15) is 0 Å². The van der Waals surface area contributed by atoms with Crippen molar-refractivity contribution < 1.29 is 9.13 Å². The molecule has 0 atom stereocenters. The largest absolute Gasteiger partial charge is 0.494 e. The number of hydrogen-bond acceptors (Lipinski definition) is 4. The average molecular weight is 379 g/mol. The molecule has 0 aliphatic rings. The fourth-order valence-electron chi connectivity index (χ4n) is 2.39. The fraction of sp³-hybridized carbons (Fsp3) is 0.474. The quantitative estimate of drug-likeness (QED) is 0.409. The number of halogens is 1. The van der Waals surface area contributed by atoms with Gasteiger partial charge in [-0.3, -0.25) is 4.99 Å². The van der Waals surface area contributed by atoms with Crippen LogP contribution in [0.5, 0.6) is 5.75 Å². The highest BCUT2D eigenvalue weighted by molar-refractivity contribution is 7.09. The Morgan fingerprint density at radius 3 is 2.73 bits per heavy atom. The van der Waals surface area contributed by atoms with E-state index in [1.165, 1.54) is 12.1 Å². The lowest BCUT2D eigenvalue weighted by atomic mass is 10.3. The molecular formula is C19H27FN4OS. The molecular weight excluding hydrogens is 351 g/mol. The van der Waals surface area contributed by atoms with Crippen molar-refractivity contribution in [3.63, 3.8) is 0 Å². The average Bonchev–Trinajstić information content (AvgIpc) is 3.03. The van der Waals surface area contributed by atoms with Gasteiger partial charge in [-0.25, -0.2) is 9.37 Å². The Labute approximate surface area is 158 Å². The molecule has 2 aromatic rings. The summed E-state index contributed by atoms with van der Waals surface area (Å²) in [5.74, 6) is 1.33. The van der Waals surface area contributed by atoms with E-state index in [0.29, 0.717) is 12.4 Å². The highest BCUT2D eigenvalue weighted by Gasteiger charge is 2.08. The molecule has 142 valence electrons. The molecule has 0 fully saturated rings. The molecule has 0 bridgehead atoms. The molecule has 7 heteroatoms. The van der Waals surface area contributed by atoms with Crippen LogP contribution in [0.3, 0.4) is 0 Å². The van der Waals surface area contributed by atoms with E-state index in [0.717, 1.165) is 49.1 Å². The number of aromatic nitrogens is 1. The predicted octanol–water partition coefficient (Wildman–Crippen LogP) is 3.85. The van der Waals surface area contributed by atoms with Gasteiger partial charge >= 0.3 is 0 Å². The van der Waals surface area contributed by atoms with Gasteiger partial charge in [0.1, 0.15) is 11.6 Å². The molecule has 0 amide bonds. The number of rotatable bonds is 9. The van der Waals surface area contributed by atoms with Crippen LogP contribution >= 0.6 is 11.3 Å². The molecule has 0 saturated carbocycles. The molecule has 1 aromatic heterocycles. The minimum Gasteiger partial charge on any atom is -0.494 e. The van der Waals surface area contributed by atoms with Crippen molar-refractivity contribution in [2.75, 3.05) is 26.7 Å². The number of nitrogens with zero attached hydrogens (tertiary/aromatic N) is 3. The van der Waals surface area contributed by atoms with Crippen LogP contribution in [0.1, 0.15) is 30.5 Å². The van der Waals surface area contributed by atoms with E-state index in [-0.39, 0.29) is 5.82 Å². The summed E-state index contributed by atoms with van der Waals surface area (Å²) in [6.45, 7) is 6.98. The maximum absolute atomic E-state index is 12.8. The lowest BCUT2D eigenvalue weighted by molar-refractivity contribution is 0.307. The zero-order valence-electron chi connectivity index (χ0n) is 15.7. The molecule has 0 saturated heterocycles. The summed E-state index contributed by atoms with van der Waals surface area (Å²) < 4.78 is 18.4. The molecule has 2 rings (SSSR count). The van der Waals surface area contributed by atoms with Crippen molar-refractivity contribution in [1.29, 1.82) is 0 Å². The molecule has 5 nitrogen and oxygen atoms in total. The number of aliphatic imine (C=N–C) groups is 1. The normalized spacial score (nSPS) is 11.5. The Hall–Kier alpha value is -2.15. The van der Waals surface area contributed by atoms with Crippen LogP contribution in [0, 0.1) is 12.7 Å². The lowest BCUT2D eigenvalue weighted by Gasteiger charge is -2.21. The van der Waals surface area contributed by atoms with Crippen LogP contribution in [0.4, 0.5) is 4.39 Å². The van der Waals surface area contributed by atoms with Gasteiger partial charge in [0.25, 0.3) is 0 Å². The van der Waals surface area contributed by atoms with E-state index in [2.05, 4.69) is 32.5 Å². The number of guanidine groups is 1. The van der Waals surface area contributed by atoms with Crippen molar-refractivity contribution in [1.82, 2.24) is 15.2 Å². The van der Waals surface area contributed by atoms with E-state index in [9.17, 15) is 4.39 Å². The molecule has 0 spiro atoms. The Balaban J connectivity index is 1.72. The summed E-state index contributed by atoms with van der Waals surface area (Å²) in [5, 5.41) is 6.48. The second-order valence-electron chi connectivity index (χ2n) is 5.96. The van der Waals surface area contributed by atoms with Gasteiger partial charge < -0.3 is 15.0 Å². The van der Waals surface area contributed by atoms with Crippen molar-refractivity contribution in [3.05, 3.63) is 46.2 Å². The Bertz CT molecular complexity index is 687. The van der Waals surface area contributed by atoms with Crippen LogP contribution in [-0.4, -0.2) is 42.6 Å². The van der Waals surface area contributed by atoms with Gasteiger partial charge in [0.15, 0.2) is 5.96 Å². The SMILES string of the molecule is CCNC(=NCCCCOc1ccc(F)cc1)N(C)Cc1csc(C)n1. The molecule has 0 aliphatic heterocycles. The second-order valence-corrected chi connectivity index (χ2v) is 7.02. The number of benzene rings is 1. The van der Waals surface area contributed by atoms with E-state index < -0.39 is 0 Å². The first-order chi connectivity index (χ1) is 12.6. The minimum absolute atomic E-state index is 0.250. The molecule has 26 heavy (non-hydrogen) atoms. The highest BCUT2D eigenvalue weighted by Crippen LogP contribution is 2.12. The van der Waals surface area contributed by atoms with Crippen LogP contribution in [0.2, 0.25) is 0 Å². The maximum Gasteiger partial charge on any atom is 0.194 e. The van der Waals surface area contributed by atoms with Crippen molar-refractivity contribution in [2.24, 2.45) is 4.99 Å². The minimum atomic E-state index is -0.250. The van der Waals surface area contributed by atoms with Gasteiger partial charge in [0.05, 0.1) is 23.9 Å². The lowest BCUT2D eigenvalue weighted by Crippen LogP contribution is -2.38. The Kier molecular flexibility index (Phi) is 8.34. The number of unbranched alkanes of at least 4 members (excludes halogenated alkanes) is 1. The zero-order chi connectivity index (χ0) is 18.8. The van der Waals surface area contributed by atoms with Crippen LogP contribution in [0.15, 0.2) is 34.6 Å². The van der Waals surface area contributed by atoms with E-state index >= 15 is 0 Å². The number of ether oxygens (including phenoxy) is 1. The van der Waals surface area contributed by atoms with E-state index in [1.54, 1.807) is 23.5 Å². The van der Waals surface area contributed by atoms with Gasteiger partial charge in [-0.15, -0.1) is 11.3 Å².